The first-order valence-corrected chi connectivity index (χ1v) is 8.21. The summed E-state index contributed by atoms with van der Waals surface area (Å²) in [6.45, 7) is 0.0678. The molecule has 3 aromatic rings. The molecule has 2 N–H and O–H groups in total. The van der Waals surface area contributed by atoms with Gasteiger partial charge in [0.2, 0.25) is 0 Å². The Morgan fingerprint density at radius 2 is 1.33 bits per heavy atom. The van der Waals surface area contributed by atoms with E-state index in [-0.39, 0.29) is 24.2 Å². The molecule has 0 unspecified atom stereocenters. The second kappa shape index (κ2) is 8.23. The minimum absolute atomic E-state index is 0.0678. The lowest BCUT2D eigenvalue weighted by Gasteiger charge is -2.08. The Morgan fingerprint density at radius 3 is 1.96 bits per heavy atom. The summed E-state index contributed by atoms with van der Waals surface area (Å²) in [4.78, 5) is 24.3. The van der Waals surface area contributed by atoms with Crippen molar-refractivity contribution in [3.63, 3.8) is 0 Å². The molecule has 0 atom stereocenters. The predicted octanol–water partition coefficient (Wildman–Crippen LogP) is 4.15. The Morgan fingerprint density at radius 1 is 0.741 bits per heavy atom. The summed E-state index contributed by atoms with van der Waals surface area (Å²) in [7, 11) is 0. The molecule has 0 radical (unpaired) electrons. The van der Waals surface area contributed by atoms with Gasteiger partial charge in [0.15, 0.2) is 0 Å². The van der Waals surface area contributed by atoms with Crippen LogP contribution < -0.4 is 10.6 Å². The first kappa shape index (κ1) is 18.3. The van der Waals surface area contributed by atoms with Gasteiger partial charge in [0.1, 0.15) is 11.6 Å². The molecule has 27 heavy (non-hydrogen) atoms. The Bertz CT molecular complexity index is 955. The van der Waals surface area contributed by atoms with Crippen LogP contribution in [0.2, 0.25) is 0 Å². The van der Waals surface area contributed by atoms with Crippen LogP contribution in [0.1, 0.15) is 26.3 Å². The zero-order valence-electron chi connectivity index (χ0n) is 14.2. The van der Waals surface area contributed by atoms with Crippen LogP contribution >= 0.6 is 0 Å². The van der Waals surface area contributed by atoms with Gasteiger partial charge in [-0.3, -0.25) is 9.59 Å². The molecular weight excluding hydrogens is 350 g/mol. The van der Waals surface area contributed by atoms with Crippen LogP contribution in [-0.4, -0.2) is 11.8 Å². The van der Waals surface area contributed by atoms with Crippen molar-refractivity contribution in [1.82, 2.24) is 5.32 Å². The van der Waals surface area contributed by atoms with E-state index < -0.39 is 5.82 Å². The van der Waals surface area contributed by atoms with Crippen LogP contribution in [0.3, 0.4) is 0 Å². The topological polar surface area (TPSA) is 58.2 Å². The molecule has 0 saturated heterocycles. The standard InChI is InChI=1S/C21H16F2N2O2/c22-17-9-11-18(12-10-17)25-21(27)15-7-5-14(6-8-15)20(26)24-13-16-3-1-2-4-19(16)23/h1-12H,13H2,(H,24,26)(H,25,27). The largest absolute Gasteiger partial charge is 0.348 e. The van der Waals surface area contributed by atoms with E-state index >= 15 is 0 Å². The van der Waals surface area contributed by atoms with Gasteiger partial charge in [-0.25, -0.2) is 8.78 Å². The zero-order valence-corrected chi connectivity index (χ0v) is 14.2. The fraction of sp³-hybridized carbons (Fsp3) is 0.0476. The molecule has 0 aliphatic heterocycles. The van der Waals surface area contributed by atoms with E-state index in [0.717, 1.165) is 0 Å². The first-order valence-electron chi connectivity index (χ1n) is 8.21. The third-order valence-electron chi connectivity index (χ3n) is 3.91. The Labute approximate surface area is 154 Å². The SMILES string of the molecule is O=C(NCc1ccccc1F)c1ccc(C(=O)Nc2ccc(F)cc2)cc1. The highest BCUT2D eigenvalue weighted by molar-refractivity contribution is 6.05. The van der Waals surface area contributed by atoms with E-state index in [1.165, 1.54) is 54.6 Å². The molecule has 4 nitrogen and oxygen atoms in total. The van der Waals surface area contributed by atoms with Crippen LogP contribution in [-0.2, 0) is 6.54 Å². The summed E-state index contributed by atoms with van der Waals surface area (Å²) >= 11 is 0. The van der Waals surface area contributed by atoms with Crippen LogP contribution in [0.15, 0.2) is 72.8 Å². The summed E-state index contributed by atoms with van der Waals surface area (Å²) in [5.41, 5.74) is 1.56. The third-order valence-corrected chi connectivity index (χ3v) is 3.91. The molecule has 0 saturated carbocycles. The van der Waals surface area contributed by atoms with Crippen molar-refractivity contribution in [2.75, 3.05) is 5.32 Å². The normalized spacial score (nSPS) is 10.3. The Balaban J connectivity index is 1.60. The van der Waals surface area contributed by atoms with Crippen molar-refractivity contribution in [2.45, 2.75) is 6.54 Å². The molecule has 0 spiro atoms. The predicted molar refractivity (Wildman–Crippen MR) is 98.4 cm³/mol. The summed E-state index contributed by atoms with van der Waals surface area (Å²) < 4.78 is 26.5. The zero-order chi connectivity index (χ0) is 19.2. The summed E-state index contributed by atoms with van der Waals surface area (Å²) in [6.07, 6.45) is 0. The van der Waals surface area contributed by atoms with Crippen LogP contribution in [0.4, 0.5) is 14.5 Å². The van der Waals surface area contributed by atoms with Crippen molar-refractivity contribution in [1.29, 1.82) is 0 Å². The van der Waals surface area contributed by atoms with E-state index in [0.29, 0.717) is 22.4 Å². The Kier molecular flexibility index (Phi) is 5.56. The highest BCUT2D eigenvalue weighted by Gasteiger charge is 2.10. The number of benzene rings is 3. The number of rotatable bonds is 5. The molecule has 0 fully saturated rings. The maximum absolute atomic E-state index is 13.6. The van der Waals surface area contributed by atoms with Gasteiger partial charge in [-0.15, -0.1) is 0 Å². The fourth-order valence-corrected chi connectivity index (χ4v) is 2.43. The maximum Gasteiger partial charge on any atom is 0.255 e. The highest BCUT2D eigenvalue weighted by atomic mass is 19.1. The van der Waals surface area contributed by atoms with Gasteiger partial charge in [0.05, 0.1) is 0 Å². The van der Waals surface area contributed by atoms with Gasteiger partial charge in [-0.1, -0.05) is 18.2 Å². The quantitative estimate of drug-likeness (QED) is 0.713. The monoisotopic (exact) mass is 366 g/mol. The minimum Gasteiger partial charge on any atom is -0.348 e. The lowest BCUT2D eigenvalue weighted by atomic mass is 10.1. The number of amides is 2. The molecule has 136 valence electrons. The van der Waals surface area contributed by atoms with Crippen LogP contribution in [0.25, 0.3) is 0 Å². The number of nitrogens with one attached hydrogen (secondary N) is 2. The average Bonchev–Trinajstić information content (AvgIpc) is 2.69. The summed E-state index contributed by atoms with van der Waals surface area (Å²) in [6, 6.07) is 17.6. The average molecular weight is 366 g/mol. The molecule has 6 heteroatoms. The molecule has 0 aromatic heterocycles. The van der Waals surface area contributed by atoms with Gasteiger partial charge >= 0.3 is 0 Å². The molecule has 2 amide bonds. The molecule has 0 bridgehead atoms. The van der Waals surface area contributed by atoms with Gasteiger partial charge in [0.25, 0.3) is 11.8 Å². The highest BCUT2D eigenvalue weighted by Crippen LogP contribution is 2.12. The molecule has 0 aliphatic carbocycles. The second-order valence-electron chi connectivity index (χ2n) is 5.81. The van der Waals surface area contributed by atoms with Gasteiger partial charge in [0, 0.05) is 28.9 Å². The number of hydrogen-bond donors (Lipinski definition) is 2. The maximum atomic E-state index is 13.6. The number of hydrogen-bond acceptors (Lipinski definition) is 2. The lowest BCUT2D eigenvalue weighted by Crippen LogP contribution is -2.23. The summed E-state index contributed by atoms with van der Waals surface area (Å²) in [5, 5.41) is 5.27. The Hall–Kier alpha value is -3.54. The molecule has 0 heterocycles. The smallest absolute Gasteiger partial charge is 0.255 e. The summed E-state index contributed by atoms with van der Waals surface area (Å²) in [5.74, 6) is -1.52. The molecule has 0 aliphatic rings. The van der Waals surface area contributed by atoms with E-state index in [4.69, 9.17) is 0 Å². The van der Waals surface area contributed by atoms with Crippen molar-refractivity contribution < 1.29 is 18.4 Å². The molecule has 3 rings (SSSR count). The van der Waals surface area contributed by atoms with Crippen molar-refractivity contribution in [3.8, 4) is 0 Å². The van der Waals surface area contributed by atoms with Gasteiger partial charge in [-0.05, 0) is 54.6 Å². The van der Waals surface area contributed by atoms with E-state index in [9.17, 15) is 18.4 Å². The molecular formula is C21H16F2N2O2. The number of carbonyl (C=O) groups is 2. The van der Waals surface area contributed by atoms with E-state index in [1.807, 2.05) is 0 Å². The van der Waals surface area contributed by atoms with E-state index in [1.54, 1.807) is 18.2 Å². The lowest BCUT2D eigenvalue weighted by molar-refractivity contribution is 0.0948. The van der Waals surface area contributed by atoms with E-state index in [2.05, 4.69) is 10.6 Å². The number of carbonyl (C=O) groups excluding carboxylic acids is 2. The van der Waals surface area contributed by atoms with Crippen LogP contribution in [0, 0.1) is 11.6 Å². The number of anilines is 1. The molecule has 3 aromatic carbocycles. The van der Waals surface area contributed by atoms with Crippen LogP contribution in [0.5, 0.6) is 0 Å². The second-order valence-corrected chi connectivity index (χ2v) is 5.81. The van der Waals surface area contributed by atoms with Gasteiger partial charge < -0.3 is 10.6 Å². The first-order chi connectivity index (χ1) is 13.0. The minimum atomic E-state index is -0.390. The number of halogens is 2. The van der Waals surface area contributed by atoms with Crippen molar-refractivity contribution in [3.05, 3.63) is 101 Å². The van der Waals surface area contributed by atoms with Crippen molar-refractivity contribution >= 4 is 17.5 Å². The van der Waals surface area contributed by atoms with Crippen molar-refractivity contribution in [2.24, 2.45) is 0 Å². The fourth-order valence-electron chi connectivity index (χ4n) is 2.43. The third kappa shape index (κ3) is 4.76. The van der Waals surface area contributed by atoms with Gasteiger partial charge in [-0.2, -0.15) is 0 Å².